The molecule has 3 unspecified atom stereocenters. The van der Waals surface area contributed by atoms with Crippen LogP contribution in [0.3, 0.4) is 0 Å². The highest BCUT2D eigenvalue weighted by Crippen LogP contribution is 2.54. The molecule has 5 heteroatoms. The molecule has 286 valence electrons. The molecule has 0 amide bonds. The number of allylic oxidation sites excluding steroid dienone is 6. The maximum Gasteiger partial charge on any atom is 0.136 e. The lowest BCUT2D eigenvalue weighted by Gasteiger charge is -2.46. The van der Waals surface area contributed by atoms with Crippen LogP contribution >= 0.6 is 10.6 Å². The third-order valence-corrected chi connectivity index (χ3v) is 11.6. The molecule has 4 nitrogen and oxygen atoms in total. The van der Waals surface area contributed by atoms with Crippen LogP contribution in [0.25, 0.3) is 0 Å². The summed E-state index contributed by atoms with van der Waals surface area (Å²) >= 11 is 0. The van der Waals surface area contributed by atoms with E-state index in [0.29, 0.717) is 12.0 Å². The molecule has 0 radical (unpaired) electrons. The van der Waals surface area contributed by atoms with Crippen molar-refractivity contribution in [2.24, 2.45) is 0 Å². The Morgan fingerprint density at radius 2 is 0.896 bits per heavy atom. The molecule has 1 N–H and O–H groups in total. The second-order valence-electron chi connectivity index (χ2n) is 14.5. The molecule has 0 spiro atoms. The zero-order valence-electron chi connectivity index (χ0n) is 33.6. The summed E-state index contributed by atoms with van der Waals surface area (Å²) in [6.45, 7) is 19.1. The van der Waals surface area contributed by atoms with Gasteiger partial charge in [0.15, 0.2) is 0 Å². The van der Waals surface area contributed by atoms with Crippen molar-refractivity contribution in [3.05, 3.63) is 36.5 Å². The fourth-order valence-electron chi connectivity index (χ4n) is 5.66. The molecule has 0 saturated carbocycles. The molecule has 0 aromatic rings. The van der Waals surface area contributed by atoms with E-state index in [1.165, 1.54) is 96.3 Å². The van der Waals surface area contributed by atoms with Gasteiger partial charge in [0.25, 0.3) is 0 Å². The van der Waals surface area contributed by atoms with Crippen molar-refractivity contribution in [2.75, 3.05) is 18.2 Å². The summed E-state index contributed by atoms with van der Waals surface area (Å²) in [6, 6.07) is 0.555. The Hall–Kier alpha value is -0.590. The van der Waals surface area contributed by atoms with Crippen LogP contribution in [0, 0.1) is 0 Å². The Balaban J connectivity index is 5.51. The molecule has 0 aromatic heterocycles. The number of ether oxygens (including phenoxy) is 1. The zero-order valence-corrected chi connectivity index (χ0v) is 34.4. The van der Waals surface area contributed by atoms with E-state index < -0.39 is 10.6 Å². The van der Waals surface area contributed by atoms with E-state index in [0.717, 1.165) is 57.2 Å². The summed E-state index contributed by atoms with van der Waals surface area (Å²) in [5.41, 5.74) is 0. The third-order valence-electron chi connectivity index (χ3n) is 8.79. The van der Waals surface area contributed by atoms with Crippen LogP contribution in [0.2, 0.25) is 0 Å². The van der Waals surface area contributed by atoms with Crippen LogP contribution < -0.4 is 5.32 Å². The van der Waals surface area contributed by atoms with Crippen molar-refractivity contribution >= 4 is 10.6 Å². The number of nitrogens with one attached hydrogen (secondary N) is 1. The Morgan fingerprint density at radius 1 is 0.479 bits per heavy atom. The molecule has 0 bridgehead atoms. The minimum absolute atomic E-state index is 0.145. The standard InChI is InChI=1S/C43H85NO3S/c1-9-12-15-18-21-24-29-34-41(6)45-39-48(38-33-28-27-32-37-44-40(4)5,46-42(7)35-30-25-22-19-16-13-10-2)47-43(8)36-31-26-23-20-17-14-11-3/h21-26,40-44H,9-20,27-39H2,1-8H3/b24-21-,25-22-,26-23-. The molecule has 3 atom stereocenters. The molecule has 0 aliphatic rings. The summed E-state index contributed by atoms with van der Waals surface area (Å²) < 4.78 is 20.8. The topological polar surface area (TPSA) is 39.7 Å². The quantitative estimate of drug-likeness (QED) is 0.0523. The molecule has 0 rings (SSSR count). The minimum atomic E-state index is -1.86. The summed E-state index contributed by atoms with van der Waals surface area (Å²) in [7, 11) is -1.86. The molecule has 0 fully saturated rings. The molecule has 0 heterocycles. The van der Waals surface area contributed by atoms with Crippen molar-refractivity contribution in [1.82, 2.24) is 5.32 Å². The summed E-state index contributed by atoms with van der Waals surface area (Å²) in [5.74, 6) is 1.54. The van der Waals surface area contributed by atoms with Crippen LogP contribution in [0.1, 0.15) is 197 Å². The number of unbranched alkanes of at least 4 members (excludes halogenated alkanes) is 12. The van der Waals surface area contributed by atoms with Crippen LogP contribution in [0.15, 0.2) is 36.5 Å². The highest BCUT2D eigenvalue weighted by atomic mass is 32.3. The molecule has 48 heavy (non-hydrogen) atoms. The minimum Gasteiger partial charge on any atom is -0.358 e. The predicted octanol–water partition coefficient (Wildman–Crippen LogP) is 14.1. The summed E-state index contributed by atoms with van der Waals surface area (Å²) in [5, 5.41) is 3.57. The van der Waals surface area contributed by atoms with Gasteiger partial charge in [-0.3, -0.25) is 8.37 Å². The number of rotatable bonds is 36. The van der Waals surface area contributed by atoms with E-state index in [1.54, 1.807) is 0 Å². The molecular formula is C43H85NO3S. The van der Waals surface area contributed by atoms with E-state index in [9.17, 15) is 0 Å². The van der Waals surface area contributed by atoms with Crippen molar-refractivity contribution in [1.29, 1.82) is 0 Å². The van der Waals surface area contributed by atoms with Crippen molar-refractivity contribution in [2.45, 2.75) is 221 Å². The molecule has 0 aliphatic heterocycles. The Bertz CT molecular complexity index is 720. The Morgan fingerprint density at radius 3 is 1.33 bits per heavy atom. The second-order valence-corrected chi connectivity index (χ2v) is 17.0. The summed E-state index contributed by atoms with van der Waals surface area (Å²) in [6.07, 6.45) is 41.0. The van der Waals surface area contributed by atoms with Gasteiger partial charge in [0.1, 0.15) is 5.94 Å². The smallest absolute Gasteiger partial charge is 0.136 e. The van der Waals surface area contributed by atoms with Gasteiger partial charge < -0.3 is 10.1 Å². The normalized spacial score (nSPS) is 16.4. The second kappa shape index (κ2) is 34.8. The van der Waals surface area contributed by atoms with E-state index in [-0.39, 0.29) is 18.3 Å². The Labute approximate surface area is 303 Å². The maximum atomic E-state index is 7.07. The van der Waals surface area contributed by atoms with Crippen molar-refractivity contribution in [3.8, 4) is 0 Å². The van der Waals surface area contributed by atoms with Crippen molar-refractivity contribution < 1.29 is 13.1 Å². The highest BCUT2D eigenvalue weighted by molar-refractivity contribution is 8.25. The van der Waals surface area contributed by atoms with Crippen LogP contribution in [-0.2, 0) is 13.1 Å². The lowest BCUT2D eigenvalue weighted by Crippen LogP contribution is -2.27. The summed E-state index contributed by atoms with van der Waals surface area (Å²) in [4.78, 5) is 0. The SMILES string of the molecule is CCCCC/C=C\CCC(C)OCS(CCCCCCNC(C)C)(OC(C)CC/C=C\CCCCC)OC(C)CC/C=C\CCCCC. The van der Waals surface area contributed by atoms with Gasteiger partial charge in [0.2, 0.25) is 0 Å². The first-order valence-electron chi connectivity index (χ1n) is 20.7. The van der Waals surface area contributed by atoms with Gasteiger partial charge in [-0.05, 0) is 117 Å². The molecule has 0 aromatic carbocycles. The highest BCUT2D eigenvalue weighted by Gasteiger charge is 2.28. The average molecular weight is 696 g/mol. The van der Waals surface area contributed by atoms with Crippen LogP contribution in [0.4, 0.5) is 0 Å². The third kappa shape index (κ3) is 31.4. The van der Waals surface area contributed by atoms with Gasteiger partial charge in [-0.2, -0.15) is 10.6 Å². The van der Waals surface area contributed by atoms with Crippen LogP contribution in [0.5, 0.6) is 0 Å². The first-order valence-corrected chi connectivity index (χ1v) is 22.6. The number of hydrogen-bond donors (Lipinski definition) is 1. The van der Waals surface area contributed by atoms with Gasteiger partial charge >= 0.3 is 0 Å². The van der Waals surface area contributed by atoms with Crippen LogP contribution in [-0.4, -0.2) is 42.6 Å². The predicted molar refractivity (Wildman–Crippen MR) is 218 cm³/mol. The van der Waals surface area contributed by atoms with Gasteiger partial charge in [-0.25, -0.2) is 0 Å². The van der Waals surface area contributed by atoms with Gasteiger partial charge in [0.05, 0.1) is 18.3 Å². The van der Waals surface area contributed by atoms with E-state index >= 15 is 0 Å². The average Bonchev–Trinajstić information content (AvgIpc) is 3.05. The number of hydrogen-bond acceptors (Lipinski definition) is 4. The van der Waals surface area contributed by atoms with Gasteiger partial charge in [-0.15, -0.1) is 0 Å². The lowest BCUT2D eigenvalue weighted by molar-refractivity contribution is 0.0721. The lowest BCUT2D eigenvalue weighted by atomic mass is 10.1. The monoisotopic (exact) mass is 696 g/mol. The van der Waals surface area contributed by atoms with Gasteiger partial charge in [0, 0.05) is 11.8 Å². The molecular weight excluding hydrogens is 611 g/mol. The first-order chi connectivity index (χ1) is 23.3. The fraction of sp³-hybridized carbons (Fsp3) is 0.860. The molecule has 0 aliphatic carbocycles. The fourth-order valence-corrected chi connectivity index (χ4v) is 8.60. The van der Waals surface area contributed by atoms with E-state index in [2.05, 4.69) is 97.2 Å². The largest absolute Gasteiger partial charge is 0.358 e. The molecule has 0 saturated heterocycles. The van der Waals surface area contributed by atoms with Crippen molar-refractivity contribution in [3.63, 3.8) is 0 Å². The Kier molecular flexibility index (Phi) is 34.4. The van der Waals surface area contributed by atoms with Gasteiger partial charge in [-0.1, -0.05) is 122 Å². The first kappa shape index (κ1) is 47.4. The van der Waals surface area contributed by atoms with E-state index in [4.69, 9.17) is 13.1 Å². The zero-order chi connectivity index (χ0) is 35.6. The maximum absolute atomic E-state index is 7.07. The van der Waals surface area contributed by atoms with E-state index in [1.807, 2.05) is 0 Å².